The fourth-order valence-electron chi connectivity index (χ4n) is 3.48. The fourth-order valence-corrected chi connectivity index (χ4v) is 4.58. The normalized spacial score (nSPS) is 17.8. The Morgan fingerprint density at radius 1 is 1.16 bits per heavy atom. The minimum absolute atomic E-state index is 0.147. The molecule has 0 radical (unpaired) electrons. The molecule has 3 nitrogen and oxygen atoms in total. The van der Waals surface area contributed by atoms with Gasteiger partial charge in [0.25, 0.3) is 5.91 Å². The Hall–Kier alpha value is -2.20. The van der Waals surface area contributed by atoms with Crippen LogP contribution in [-0.4, -0.2) is 28.9 Å². The molecular weight excluding hydrogens is 328 g/mol. The van der Waals surface area contributed by atoms with Crippen LogP contribution < -0.4 is 0 Å². The van der Waals surface area contributed by atoms with Gasteiger partial charge in [-0.25, -0.2) is 4.98 Å². The average Bonchev–Trinajstić information content (AvgIpc) is 3.08. The molecule has 1 aromatic heterocycles. The van der Waals surface area contributed by atoms with E-state index in [2.05, 4.69) is 32.0 Å². The topological polar surface area (TPSA) is 33.2 Å². The summed E-state index contributed by atoms with van der Waals surface area (Å²) in [7, 11) is 0. The molecular formula is C21H22N2OS. The van der Waals surface area contributed by atoms with Crippen LogP contribution in [0.3, 0.4) is 0 Å². The molecule has 0 spiro atoms. The summed E-state index contributed by atoms with van der Waals surface area (Å²) in [5.74, 6) is 0.496. The lowest BCUT2D eigenvalue weighted by Crippen LogP contribution is -2.39. The van der Waals surface area contributed by atoms with Crippen molar-refractivity contribution >= 4 is 27.5 Å². The fraction of sp³-hybridized carbons (Fsp3) is 0.333. The maximum absolute atomic E-state index is 12.9. The van der Waals surface area contributed by atoms with Crippen molar-refractivity contribution < 1.29 is 4.79 Å². The Morgan fingerprint density at radius 3 is 2.80 bits per heavy atom. The van der Waals surface area contributed by atoms with Gasteiger partial charge in [0, 0.05) is 24.6 Å². The van der Waals surface area contributed by atoms with Crippen molar-refractivity contribution in [1.82, 2.24) is 9.88 Å². The number of rotatable bonds is 2. The van der Waals surface area contributed by atoms with E-state index in [0.717, 1.165) is 37.0 Å². The van der Waals surface area contributed by atoms with Gasteiger partial charge in [0.2, 0.25) is 0 Å². The van der Waals surface area contributed by atoms with Crippen LogP contribution in [0.15, 0.2) is 42.5 Å². The number of benzene rings is 2. The second kappa shape index (κ2) is 6.60. The third-order valence-corrected chi connectivity index (χ3v) is 6.32. The van der Waals surface area contributed by atoms with Crippen LogP contribution in [0.1, 0.15) is 45.3 Å². The number of amides is 1. The van der Waals surface area contributed by atoms with Crippen molar-refractivity contribution in [3.63, 3.8) is 0 Å². The van der Waals surface area contributed by atoms with E-state index in [4.69, 9.17) is 4.98 Å². The van der Waals surface area contributed by atoms with Crippen LogP contribution in [-0.2, 0) is 0 Å². The van der Waals surface area contributed by atoms with Gasteiger partial charge in [-0.15, -0.1) is 11.3 Å². The van der Waals surface area contributed by atoms with E-state index in [0.29, 0.717) is 5.92 Å². The number of piperidine rings is 1. The molecule has 4 rings (SSSR count). The highest BCUT2D eigenvalue weighted by atomic mass is 32.1. The van der Waals surface area contributed by atoms with Gasteiger partial charge >= 0.3 is 0 Å². The van der Waals surface area contributed by atoms with Gasteiger partial charge in [-0.1, -0.05) is 18.2 Å². The molecule has 1 saturated heterocycles. The van der Waals surface area contributed by atoms with Gasteiger partial charge in [0.1, 0.15) is 0 Å². The van der Waals surface area contributed by atoms with Crippen molar-refractivity contribution in [1.29, 1.82) is 0 Å². The standard InChI is InChI=1S/C21H22N2OS/c1-14-9-10-16(12-15(14)2)21(24)23-11-5-6-17(13-23)20-22-18-7-3-4-8-19(18)25-20/h3-4,7-10,12,17H,5-6,11,13H2,1-2H3/t17-/m1/s1. The molecule has 25 heavy (non-hydrogen) atoms. The number of para-hydroxylation sites is 1. The summed E-state index contributed by atoms with van der Waals surface area (Å²) in [6, 6.07) is 14.3. The summed E-state index contributed by atoms with van der Waals surface area (Å²) < 4.78 is 1.23. The monoisotopic (exact) mass is 350 g/mol. The van der Waals surface area contributed by atoms with E-state index in [1.165, 1.54) is 20.8 Å². The smallest absolute Gasteiger partial charge is 0.253 e. The maximum Gasteiger partial charge on any atom is 0.253 e. The zero-order valence-corrected chi connectivity index (χ0v) is 15.5. The highest BCUT2D eigenvalue weighted by molar-refractivity contribution is 7.18. The molecule has 1 atom stereocenters. The third kappa shape index (κ3) is 3.19. The Kier molecular flexibility index (Phi) is 4.30. The highest BCUT2D eigenvalue weighted by Crippen LogP contribution is 2.33. The summed E-state index contributed by atoms with van der Waals surface area (Å²) in [4.78, 5) is 19.7. The maximum atomic E-state index is 12.9. The molecule has 3 aromatic rings. The number of carbonyl (C=O) groups excluding carboxylic acids is 1. The molecule has 2 heterocycles. The van der Waals surface area contributed by atoms with E-state index >= 15 is 0 Å². The number of aromatic nitrogens is 1. The van der Waals surface area contributed by atoms with Crippen LogP contribution in [0.5, 0.6) is 0 Å². The van der Waals surface area contributed by atoms with Crippen LogP contribution in [0.2, 0.25) is 0 Å². The number of fused-ring (bicyclic) bond motifs is 1. The van der Waals surface area contributed by atoms with Crippen molar-refractivity contribution in [2.75, 3.05) is 13.1 Å². The SMILES string of the molecule is Cc1ccc(C(=O)N2CCC[C@@H](c3nc4ccccc4s3)C2)cc1C. The predicted octanol–water partition coefficient (Wildman–Crippen LogP) is 4.93. The number of thiazole rings is 1. The summed E-state index contributed by atoms with van der Waals surface area (Å²) in [6.07, 6.45) is 2.15. The Bertz CT molecular complexity index is 898. The van der Waals surface area contributed by atoms with E-state index in [9.17, 15) is 4.79 Å². The third-order valence-electron chi connectivity index (χ3n) is 5.12. The van der Waals surface area contributed by atoms with Crippen LogP contribution in [0, 0.1) is 13.8 Å². The minimum Gasteiger partial charge on any atom is -0.338 e. The molecule has 1 amide bonds. The van der Waals surface area contributed by atoms with Gasteiger partial charge < -0.3 is 4.90 Å². The van der Waals surface area contributed by atoms with E-state index in [1.807, 2.05) is 29.2 Å². The van der Waals surface area contributed by atoms with Gasteiger partial charge in [0.05, 0.1) is 15.2 Å². The number of hydrogen-bond acceptors (Lipinski definition) is 3. The first-order chi connectivity index (χ1) is 12.1. The number of likely N-dealkylation sites (tertiary alicyclic amines) is 1. The van der Waals surface area contributed by atoms with Crippen LogP contribution >= 0.6 is 11.3 Å². The lowest BCUT2D eigenvalue weighted by molar-refractivity contribution is 0.0707. The van der Waals surface area contributed by atoms with E-state index in [1.54, 1.807) is 11.3 Å². The van der Waals surface area contributed by atoms with E-state index in [-0.39, 0.29) is 5.91 Å². The van der Waals surface area contributed by atoms with Gasteiger partial charge in [-0.05, 0) is 62.1 Å². The molecule has 0 N–H and O–H groups in total. The molecule has 1 aliphatic heterocycles. The Morgan fingerprint density at radius 2 is 2.00 bits per heavy atom. The molecule has 0 bridgehead atoms. The Labute approximate surface area is 152 Å². The summed E-state index contributed by atoms with van der Waals surface area (Å²) in [5, 5.41) is 1.17. The minimum atomic E-state index is 0.147. The molecule has 1 fully saturated rings. The van der Waals surface area contributed by atoms with Crippen molar-refractivity contribution in [2.45, 2.75) is 32.6 Å². The molecule has 128 valence electrons. The molecule has 0 unspecified atom stereocenters. The summed E-state index contributed by atoms with van der Waals surface area (Å²) in [6.45, 7) is 5.75. The zero-order chi connectivity index (χ0) is 17.4. The second-order valence-corrected chi connectivity index (χ2v) is 7.97. The first kappa shape index (κ1) is 16.3. The quantitative estimate of drug-likeness (QED) is 0.656. The van der Waals surface area contributed by atoms with Gasteiger partial charge in [-0.3, -0.25) is 4.79 Å². The molecule has 0 saturated carbocycles. The molecule has 1 aliphatic rings. The second-order valence-electron chi connectivity index (χ2n) is 6.91. The van der Waals surface area contributed by atoms with Gasteiger partial charge in [-0.2, -0.15) is 0 Å². The largest absolute Gasteiger partial charge is 0.338 e. The number of hydrogen-bond donors (Lipinski definition) is 0. The van der Waals surface area contributed by atoms with Crippen molar-refractivity contribution in [3.05, 3.63) is 64.2 Å². The summed E-state index contributed by atoms with van der Waals surface area (Å²) >= 11 is 1.77. The lowest BCUT2D eigenvalue weighted by atomic mass is 9.97. The first-order valence-electron chi connectivity index (χ1n) is 8.84. The van der Waals surface area contributed by atoms with Crippen LogP contribution in [0.4, 0.5) is 0 Å². The molecule has 2 aromatic carbocycles. The average molecular weight is 350 g/mol. The van der Waals surface area contributed by atoms with Crippen LogP contribution in [0.25, 0.3) is 10.2 Å². The predicted molar refractivity (Wildman–Crippen MR) is 103 cm³/mol. The highest BCUT2D eigenvalue weighted by Gasteiger charge is 2.27. The first-order valence-corrected chi connectivity index (χ1v) is 9.65. The van der Waals surface area contributed by atoms with Gasteiger partial charge in [0.15, 0.2) is 0 Å². The number of carbonyl (C=O) groups is 1. The Balaban J connectivity index is 1.55. The van der Waals surface area contributed by atoms with Crippen molar-refractivity contribution in [2.24, 2.45) is 0 Å². The van der Waals surface area contributed by atoms with E-state index < -0.39 is 0 Å². The van der Waals surface area contributed by atoms with Crippen molar-refractivity contribution in [3.8, 4) is 0 Å². The number of aryl methyl sites for hydroxylation is 2. The molecule has 0 aliphatic carbocycles. The number of nitrogens with zero attached hydrogens (tertiary/aromatic N) is 2. The summed E-state index contributed by atoms with van der Waals surface area (Å²) in [5.41, 5.74) is 4.27. The lowest BCUT2D eigenvalue weighted by Gasteiger charge is -2.32. The zero-order valence-electron chi connectivity index (χ0n) is 14.7. The molecule has 4 heteroatoms.